The van der Waals surface area contributed by atoms with Crippen LogP contribution in [0.3, 0.4) is 0 Å². The van der Waals surface area contributed by atoms with Gasteiger partial charge in [0.05, 0.1) is 11.9 Å². The first-order chi connectivity index (χ1) is 13.5. The topological polar surface area (TPSA) is 58.9 Å². The van der Waals surface area contributed by atoms with Crippen LogP contribution in [0.5, 0.6) is 0 Å². The van der Waals surface area contributed by atoms with Crippen molar-refractivity contribution >= 4 is 18.0 Å². The van der Waals surface area contributed by atoms with E-state index in [1.165, 1.54) is 22.4 Å². The summed E-state index contributed by atoms with van der Waals surface area (Å²) in [6.45, 7) is 3.91. The van der Waals surface area contributed by atoms with Crippen LogP contribution in [0.2, 0.25) is 0 Å². The third kappa shape index (κ3) is 2.94. The Kier molecular flexibility index (Phi) is 4.61. The van der Waals surface area contributed by atoms with Gasteiger partial charge < -0.3 is 0 Å². The molecular formula is C20H15F2N5S. The fourth-order valence-electron chi connectivity index (χ4n) is 3.28. The predicted molar refractivity (Wildman–Crippen MR) is 105 cm³/mol. The summed E-state index contributed by atoms with van der Waals surface area (Å²) in [6.07, 6.45) is 3.30. The second-order valence-electron chi connectivity index (χ2n) is 6.61. The summed E-state index contributed by atoms with van der Waals surface area (Å²) in [4.78, 5) is 4.21. The minimum Gasteiger partial charge on any atom is -0.291 e. The predicted octanol–water partition coefficient (Wildman–Crippen LogP) is 5.38. The molecule has 0 unspecified atom stereocenters. The Morgan fingerprint density at radius 2 is 1.82 bits per heavy atom. The number of hydrogen-bond donors (Lipinski definition) is 0. The average Bonchev–Trinajstić information content (AvgIpc) is 3.29. The molecule has 0 aliphatic rings. The van der Waals surface area contributed by atoms with Crippen molar-refractivity contribution < 1.29 is 8.28 Å². The number of imidazole rings is 1. The number of nitriles is 1. The molecule has 0 fully saturated rings. The molecule has 28 heavy (non-hydrogen) atoms. The van der Waals surface area contributed by atoms with Gasteiger partial charge in [-0.2, -0.15) is 14.4 Å². The van der Waals surface area contributed by atoms with E-state index >= 15 is 0 Å². The summed E-state index contributed by atoms with van der Waals surface area (Å²) in [5.74, 6) is -0.374. The summed E-state index contributed by atoms with van der Waals surface area (Å²) < 4.78 is 30.0. The SMILES string of the molecule is CC(C)c1c(-c2ccc3ncc(C#N)n3c2)c(-c2ccc(F)cc2)nn1SF. The number of pyridine rings is 1. The van der Waals surface area contributed by atoms with E-state index in [4.69, 9.17) is 0 Å². The summed E-state index contributed by atoms with van der Waals surface area (Å²) in [7, 11) is 0. The zero-order valence-electron chi connectivity index (χ0n) is 15.1. The van der Waals surface area contributed by atoms with E-state index in [-0.39, 0.29) is 24.1 Å². The lowest BCUT2D eigenvalue weighted by molar-refractivity contribution is 0.628. The number of nitrogens with zero attached hydrogens (tertiary/aromatic N) is 5. The minimum atomic E-state index is -0.354. The Balaban J connectivity index is 2.02. The number of rotatable bonds is 4. The van der Waals surface area contributed by atoms with Crippen LogP contribution in [0.15, 0.2) is 48.8 Å². The van der Waals surface area contributed by atoms with Crippen LogP contribution in [0.4, 0.5) is 8.28 Å². The van der Waals surface area contributed by atoms with Gasteiger partial charge >= 0.3 is 0 Å². The summed E-state index contributed by atoms with van der Waals surface area (Å²) in [6, 6.07) is 11.7. The minimum absolute atomic E-state index is 0.0196. The molecule has 0 atom stereocenters. The highest BCUT2D eigenvalue weighted by Crippen LogP contribution is 2.39. The third-order valence-corrected chi connectivity index (χ3v) is 4.94. The van der Waals surface area contributed by atoms with Crippen molar-refractivity contribution in [2.75, 3.05) is 0 Å². The van der Waals surface area contributed by atoms with E-state index in [1.807, 2.05) is 19.9 Å². The standard InChI is InChI=1S/C20H15F2N5S/c1-12(2)20-18(14-5-8-17-24-10-16(9-23)26(17)11-14)19(25-27(20)28-22)13-3-6-15(21)7-4-13/h3-8,10-12H,1-2H3. The molecule has 4 aromatic rings. The number of fused-ring (bicyclic) bond motifs is 1. The van der Waals surface area contributed by atoms with E-state index < -0.39 is 0 Å². The molecule has 0 N–H and O–H groups in total. The zero-order valence-corrected chi connectivity index (χ0v) is 15.9. The van der Waals surface area contributed by atoms with Crippen molar-refractivity contribution in [3.8, 4) is 28.5 Å². The van der Waals surface area contributed by atoms with Gasteiger partial charge in [-0.15, -0.1) is 3.89 Å². The first-order valence-electron chi connectivity index (χ1n) is 8.59. The molecule has 0 aliphatic carbocycles. The quantitative estimate of drug-likeness (QED) is 0.465. The van der Waals surface area contributed by atoms with Crippen LogP contribution in [0.25, 0.3) is 28.0 Å². The van der Waals surface area contributed by atoms with Crippen molar-refractivity contribution in [3.05, 3.63) is 66.0 Å². The Hall–Kier alpha value is -3.18. The van der Waals surface area contributed by atoms with Gasteiger partial charge in [0.1, 0.15) is 28.9 Å². The smallest absolute Gasteiger partial charge is 0.187 e. The highest BCUT2D eigenvalue weighted by Gasteiger charge is 2.24. The van der Waals surface area contributed by atoms with Gasteiger partial charge in [-0.05, 0) is 42.3 Å². The largest absolute Gasteiger partial charge is 0.291 e. The molecule has 4 rings (SSSR count). The second-order valence-corrected chi connectivity index (χ2v) is 7.10. The third-order valence-electron chi connectivity index (χ3n) is 4.53. The Bertz CT molecular complexity index is 1200. The van der Waals surface area contributed by atoms with Gasteiger partial charge in [0.2, 0.25) is 0 Å². The van der Waals surface area contributed by atoms with Crippen LogP contribution >= 0.6 is 12.3 Å². The lowest BCUT2D eigenvalue weighted by Gasteiger charge is -2.11. The van der Waals surface area contributed by atoms with Gasteiger partial charge in [-0.25, -0.2) is 9.37 Å². The Morgan fingerprint density at radius 3 is 2.46 bits per heavy atom. The van der Waals surface area contributed by atoms with Gasteiger partial charge in [0.15, 0.2) is 12.3 Å². The molecule has 0 amide bonds. The number of halogens is 2. The molecule has 1 aromatic carbocycles. The normalized spacial score (nSPS) is 11.3. The maximum absolute atomic E-state index is 13.7. The first-order valence-corrected chi connectivity index (χ1v) is 9.26. The maximum Gasteiger partial charge on any atom is 0.187 e. The van der Waals surface area contributed by atoms with Crippen LogP contribution in [-0.4, -0.2) is 18.6 Å². The van der Waals surface area contributed by atoms with Gasteiger partial charge in [-0.1, -0.05) is 13.8 Å². The fraction of sp³-hybridized carbons (Fsp3) is 0.150. The van der Waals surface area contributed by atoms with Gasteiger partial charge in [0.25, 0.3) is 0 Å². The first kappa shape index (κ1) is 18.2. The van der Waals surface area contributed by atoms with E-state index in [0.717, 1.165) is 11.1 Å². The van der Waals surface area contributed by atoms with Crippen molar-refractivity contribution in [2.24, 2.45) is 0 Å². The molecule has 0 radical (unpaired) electrons. The molecule has 3 aromatic heterocycles. The van der Waals surface area contributed by atoms with E-state index in [2.05, 4.69) is 16.2 Å². The summed E-state index contributed by atoms with van der Waals surface area (Å²) in [5.41, 5.74) is 4.48. The van der Waals surface area contributed by atoms with Crippen LogP contribution in [0.1, 0.15) is 31.2 Å². The molecule has 0 spiro atoms. The molecule has 3 heterocycles. The molecule has 8 heteroatoms. The highest BCUT2D eigenvalue weighted by atomic mass is 32.2. The molecule has 0 aliphatic heterocycles. The maximum atomic E-state index is 13.7. The van der Waals surface area contributed by atoms with Gasteiger partial charge in [-0.3, -0.25) is 4.40 Å². The molecule has 0 saturated heterocycles. The molecule has 0 saturated carbocycles. The van der Waals surface area contributed by atoms with Crippen LogP contribution in [-0.2, 0) is 0 Å². The Morgan fingerprint density at radius 1 is 1.11 bits per heavy atom. The number of benzene rings is 1. The number of hydrogen-bond acceptors (Lipinski definition) is 4. The summed E-state index contributed by atoms with van der Waals surface area (Å²) >= 11 is 0.0242. The number of aromatic nitrogens is 4. The Labute approximate surface area is 164 Å². The monoisotopic (exact) mass is 395 g/mol. The van der Waals surface area contributed by atoms with Crippen LogP contribution in [0, 0.1) is 17.1 Å². The lowest BCUT2D eigenvalue weighted by Crippen LogP contribution is -1.99. The second kappa shape index (κ2) is 7.09. The fourth-order valence-corrected chi connectivity index (χ4v) is 3.77. The van der Waals surface area contributed by atoms with Crippen molar-refractivity contribution in [1.29, 1.82) is 5.26 Å². The van der Waals surface area contributed by atoms with E-state index in [1.54, 1.807) is 28.8 Å². The zero-order chi connectivity index (χ0) is 19.8. The van der Waals surface area contributed by atoms with E-state index in [9.17, 15) is 13.5 Å². The lowest BCUT2D eigenvalue weighted by atomic mass is 9.95. The van der Waals surface area contributed by atoms with E-state index in [0.29, 0.717) is 28.3 Å². The highest BCUT2D eigenvalue weighted by molar-refractivity contribution is 7.92. The van der Waals surface area contributed by atoms with Crippen LogP contribution < -0.4 is 0 Å². The molecule has 5 nitrogen and oxygen atoms in total. The van der Waals surface area contributed by atoms with Crippen molar-refractivity contribution in [2.45, 2.75) is 19.8 Å². The van der Waals surface area contributed by atoms with Crippen molar-refractivity contribution in [3.63, 3.8) is 0 Å². The van der Waals surface area contributed by atoms with Gasteiger partial charge in [0, 0.05) is 22.9 Å². The summed E-state index contributed by atoms with van der Waals surface area (Å²) in [5, 5.41) is 13.7. The molecular weight excluding hydrogens is 380 g/mol. The molecule has 140 valence electrons. The molecule has 0 bridgehead atoms. The van der Waals surface area contributed by atoms with Crippen molar-refractivity contribution in [1.82, 2.24) is 18.6 Å². The average molecular weight is 395 g/mol.